The van der Waals surface area contributed by atoms with Crippen LogP contribution in [0.4, 0.5) is 5.82 Å². The van der Waals surface area contributed by atoms with Crippen molar-refractivity contribution < 1.29 is 14.3 Å². The molecule has 0 bridgehead atoms. The predicted molar refractivity (Wildman–Crippen MR) is 140 cm³/mol. The number of carbonyl (C=O) groups is 2. The van der Waals surface area contributed by atoms with Crippen LogP contribution in [0, 0.1) is 0 Å². The molecule has 1 N–H and O–H groups in total. The zero-order valence-electron chi connectivity index (χ0n) is 21.0. The normalized spacial score (nSPS) is 11.3. The van der Waals surface area contributed by atoms with Gasteiger partial charge < -0.3 is 15.0 Å². The van der Waals surface area contributed by atoms with Gasteiger partial charge >= 0.3 is 0 Å². The Morgan fingerprint density at radius 1 is 1.11 bits per heavy atom. The molecule has 3 rings (SSSR count). The number of nitrogens with one attached hydrogen (secondary N) is 1. The standard InChI is InChI=1S/C27H33ClN4O3/c1-6-7-16-31(26(34)19-12-8-11-15-22(19)35-5)18-25(33)29-24-17-23(27(2,3)4)30-32(24)21-14-10-9-13-20(21)28/h8-15,17H,6-7,16,18H2,1-5H3,(H,29,33). The number of nitrogens with zero attached hydrogens (tertiary/aromatic N) is 3. The molecule has 0 saturated carbocycles. The zero-order valence-corrected chi connectivity index (χ0v) is 21.7. The number of ether oxygens (including phenoxy) is 1. The Hall–Kier alpha value is -3.32. The summed E-state index contributed by atoms with van der Waals surface area (Å²) in [6.45, 7) is 8.55. The van der Waals surface area contributed by atoms with E-state index in [1.165, 1.54) is 7.11 Å². The molecule has 0 unspecified atom stereocenters. The van der Waals surface area contributed by atoms with E-state index in [-0.39, 0.29) is 23.8 Å². The number of hydrogen-bond acceptors (Lipinski definition) is 4. The van der Waals surface area contributed by atoms with E-state index in [4.69, 9.17) is 21.4 Å². The van der Waals surface area contributed by atoms with Crippen LogP contribution in [0.3, 0.4) is 0 Å². The highest BCUT2D eigenvalue weighted by Crippen LogP contribution is 2.29. The number of benzene rings is 2. The Labute approximate surface area is 212 Å². The average Bonchev–Trinajstić information content (AvgIpc) is 3.25. The quantitative estimate of drug-likeness (QED) is 0.411. The molecule has 2 amide bonds. The van der Waals surface area contributed by atoms with Gasteiger partial charge in [0.1, 0.15) is 18.1 Å². The van der Waals surface area contributed by atoms with Gasteiger partial charge in [-0.15, -0.1) is 0 Å². The minimum atomic E-state index is -0.321. The molecule has 0 aliphatic rings. The molecular weight excluding hydrogens is 464 g/mol. The lowest BCUT2D eigenvalue weighted by molar-refractivity contribution is -0.117. The summed E-state index contributed by atoms with van der Waals surface area (Å²) in [5.74, 6) is 0.401. The highest BCUT2D eigenvalue weighted by molar-refractivity contribution is 6.32. The SMILES string of the molecule is CCCCN(CC(=O)Nc1cc(C(C)(C)C)nn1-c1ccccc1Cl)C(=O)c1ccccc1OC. The second-order valence-electron chi connectivity index (χ2n) is 9.36. The maximum Gasteiger partial charge on any atom is 0.258 e. The third-order valence-electron chi connectivity index (χ3n) is 5.57. The van der Waals surface area contributed by atoms with Crippen molar-refractivity contribution in [1.29, 1.82) is 0 Å². The van der Waals surface area contributed by atoms with Gasteiger partial charge in [-0.1, -0.05) is 70.0 Å². The third-order valence-corrected chi connectivity index (χ3v) is 5.89. The Morgan fingerprint density at radius 2 is 1.80 bits per heavy atom. The van der Waals surface area contributed by atoms with E-state index in [9.17, 15) is 9.59 Å². The van der Waals surface area contributed by atoms with Crippen LogP contribution in [0.1, 0.15) is 56.6 Å². The first-order valence-electron chi connectivity index (χ1n) is 11.7. The molecule has 35 heavy (non-hydrogen) atoms. The fourth-order valence-electron chi connectivity index (χ4n) is 3.59. The first kappa shape index (κ1) is 26.3. The van der Waals surface area contributed by atoms with Crippen molar-refractivity contribution in [3.8, 4) is 11.4 Å². The van der Waals surface area contributed by atoms with E-state index in [1.807, 2.05) is 31.2 Å². The summed E-state index contributed by atoms with van der Waals surface area (Å²) in [6, 6.07) is 16.2. The topological polar surface area (TPSA) is 76.5 Å². The molecule has 1 heterocycles. The van der Waals surface area contributed by atoms with Gasteiger partial charge in [0, 0.05) is 18.0 Å². The summed E-state index contributed by atoms with van der Waals surface area (Å²) in [7, 11) is 1.53. The lowest BCUT2D eigenvalue weighted by Crippen LogP contribution is -2.39. The zero-order chi connectivity index (χ0) is 25.6. The highest BCUT2D eigenvalue weighted by atomic mass is 35.5. The molecule has 0 atom stereocenters. The Kier molecular flexibility index (Phi) is 8.57. The van der Waals surface area contributed by atoms with Crippen molar-refractivity contribution in [3.05, 3.63) is 70.9 Å². The van der Waals surface area contributed by atoms with Crippen molar-refractivity contribution in [2.24, 2.45) is 0 Å². The number of anilines is 1. The Balaban J connectivity index is 1.89. The number of amides is 2. The average molecular weight is 497 g/mol. The van der Waals surface area contributed by atoms with Crippen molar-refractivity contribution >= 4 is 29.2 Å². The monoisotopic (exact) mass is 496 g/mol. The van der Waals surface area contributed by atoms with E-state index in [1.54, 1.807) is 39.9 Å². The molecule has 8 heteroatoms. The number of methoxy groups -OCH3 is 1. The van der Waals surface area contributed by atoms with Crippen molar-refractivity contribution in [3.63, 3.8) is 0 Å². The van der Waals surface area contributed by atoms with Crippen LogP contribution in [-0.2, 0) is 10.2 Å². The second-order valence-corrected chi connectivity index (χ2v) is 9.76. The highest BCUT2D eigenvalue weighted by Gasteiger charge is 2.25. The van der Waals surface area contributed by atoms with Crippen LogP contribution >= 0.6 is 11.6 Å². The van der Waals surface area contributed by atoms with Gasteiger partial charge in [-0.25, -0.2) is 4.68 Å². The van der Waals surface area contributed by atoms with Gasteiger partial charge in [0.15, 0.2) is 0 Å². The molecule has 0 aliphatic heterocycles. The van der Waals surface area contributed by atoms with E-state index in [0.29, 0.717) is 34.4 Å². The van der Waals surface area contributed by atoms with Gasteiger partial charge in [0.2, 0.25) is 5.91 Å². The van der Waals surface area contributed by atoms with E-state index >= 15 is 0 Å². The van der Waals surface area contributed by atoms with Gasteiger partial charge in [0.05, 0.1) is 29.1 Å². The van der Waals surface area contributed by atoms with E-state index < -0.39 is 0 Å². The first-order chi connectivity index (χ1) is 16.7. The minimum absolute atomic E-state index is 0.102. The van der Waals surface area contributed by atoms with Gasteiger partial charge in [-0.2, -0.15) is 5.10 Å². The maximum absolute atomic E-state index is 13.3. The van der Waals surface area contributed by atoms with Crippen LogP contribution in [0.5, 0.6) is 5.75 Å². The minimum Gasteiger partial charge on any atom is -0.496 e. The van der Waals surface area contributed by atoms with Gasteiger partial charge in [-0.3, -0.25) is 9.59 Å². The van der Waals surface area contributed by atoms with E-state index in [2.05, 4.69) is 26.1 Å². The molecule has 186 valence electrons. The lowest BCUT2D eigenvalue weighted by Gasteiger charge is -2.23. The molecule has 0 fully saturated rings. The van der Waals surface area contributed by atoms with Crippen LogP contribution in [0.15, 0.2) is 54.6 Å². The fraction of sp³-hybridized carbons (Fsp3) is 0.370. The molecule has 0 aliphatic carbocycles. The van der Waals surface area contributed by atoms with Gasteiger partial charge in [-0.05, 0) is 30.7 Å². The summed E-state index contributed by atoms with van der Waals surface area (Å²) >= 11 is 6.43. The molecule has 0 saturated heterocycles. The number of para-hydroxylation sites is 2. The maximum atomic E-state index is 13.3. The first-order valence-corrected chi connectivity index (χ1v) is 12.1. The lowest BCUT2D eigenvalue weighted by atomic mass is 9.92. The predicted octanol–water partition coefficient (Wildman–Crippen LogP) is 5.71. The second kappa shape index (κ2) is 11.4. The largest absolute Gasteiger partial charge is 0.496 e. The van der Waals surface area contributed by atoms with Crippen LogP contribution in [0.25, 0.3) is 5.69 Å². The number of hydrogen-bond donors (Lipinski definition) is 1. The van der Waals surface area contributed by atoms with E-state index in [0.717, 1.165) is 18.5 Å². The molecule has 7 nitrogen and oxygen atoms in total. The number of carbonyl (C=O) groups excluding carboxylic acids is 2. The summed E-state index contributed by atoms with van der Waals surface area (Å²) in [4.78, 5) is 28.1. The third kappa shape index (κ3) is 6.42. The number of aromatic nitrogens is 2. The van der Waals surface area contributed by atoms with Crippen molar-refractivity contribution in [1.82, 2.24) is 14.7 Å². The molecule has 0 spiro atoms. The number of unbranched alkanes of at least 4 members (excludes halogenated alkanes) is 1. The molecule has 3 aromatic rings. The van der Waals surface area contributed by atoms with Crippen molar-refractivity contribution in [2.75, 3.05) is 25.5 Å². The summed E-state index contributed by atoms with van der Waals surface area (Å²) in [6.07, 6.45) is 1.67. The molecule has 0 radical (unpaired) electrons. The van der Waals surface area contributed by atoms with Crippen LogP contribution in [-0.4, -0.2) is 46.7 Å². The summed E-state index contributed by atoms with van der Waals surface area (Å²) < 4.78 is 7.00. The Morgan fingerprint density at radius 3 is 2.46 bits per heavy atom. The fourth-order valence-corrected chi connectivity index (χ4v) is 3.81. The Bertz CT molecular complexity index is 1180. The summed E-state index contributed by atoms with van der Waals surface area (Å²) in [5.41, 5.74) is 1.66. The molecule has 1 aromatic heterocycles. The molecule has 2 aromatic carbocycles. The van der Waals surface area contributed by atoms with Crippen LogP contribution < -0.4 is 10.1 Å². The van der Waals surface area contributed by atoms with Crippen molar-refractivity contribution in [2.45, 2.75) is 46.0 Å². The smallest absolute Gasteiger partial charge is 0.258 e. The number of rotatable bonds is 9. The summed E-state index contributed by atoms with van der Waals surface area (Å²) in [5, 5.41) is 8.18. The molecular formula is C27H33ClN4O3. The van der Waals surface area contributed by atoms with Gasteiger partial charge in [0.25, 0.3) is 5.91 Å². The van der Waals surface area contributed by atoms with Crippen LogP contribution in [0.2, 0.25) is 5.02 Å². The number of halogens is 1.